The molecule has 2 aromatic carbocycles. The lowest BCUT2D eigenvalue weighted by Crippen LogP contribution is -2.14. The van der Waals surface area contributed by atoms with Crippen LogP contribution < -0.4 is 5.56 Å². The van der Waals surface area contributed by atoms with E-state index in [1.54, 1.807) is 30.5 Å². The molecule has 0 atom stereocenters. The number of aromatic nitrogens is 3. The molecule has 2 aliphatic rings. The van der Waals surface area contributed by atoms with Crippen molar-refractivity contribution < 1.29 is 0 Å². The van der Waals surface area contributed by atoms with Crippen molar-refractivity contribution in [1.82, 2.24) is 14.8 Å². The van der Waals surface area contributed by atoms with Gasteiger partial charge < -0.3 is 4.98 Å². The first kappa shape index (κ1) is 16.1. The number of nitrogens with one attached hydrogen (secondary N) is 1. The van der Waals surface area contributed by atoms with E-state index in [0.717, 1.165) is 21.3 Å². The third-order valence-electron chi connectivity index (χ3n) is 4.13. The molecule has 0 bridgehead atoms. The van der Waals surface area contributed by atoms with E-state index in [4.69, 9.17) is 11.6 Å². The van der Waals surface area contributed by atoms with Gasteiger partial charge in [-0.25, -0.2) is 0 Å². The van der Waals surface area contributed by atoms with E-state index in [2.05, 4.69) is 26.0 Å². The van der Waals surface area contributed by atoms with Gasteiger partial charge >= 0.3 is 0 Å². The maximum atomic E-state index is 12.8. The fourth-order valence-electron chi connectivity index (χ4n) is 2.89. The SMILES string of the molecule is Cc1[nH]cc2c(=O)n(-c3ccc(Cl)cc3)nc-2c1-c1ccc(Br)cc1. The third-order valence-corrected chi connectivity index (χ3v) is 4.91. The van der Waals surface area contributed by atoms with E-state index in [9.17, 15) is 4.79 Å². The van der Waals surface area contributed by atoms with Crippen LogP contribution in [0.25, 0.3) is 28.1 Å². The molecule has 0 aliphatic carbocycles. The number of halogens is 2. The van der Waals surface area contributed by atoms with E-state index < -0.39 is 0 Å². The molecule has 2 aromatic rings. The van der Waals surface area contributed by atoms with E-state index in [1.165, 1.54) is 4.68 Å². The lowest BCUT2D eigenvalue weighted by atomic mass is 9.99. The topological polar surface area (TPSA) is 50.7 Å². The number of rotatable bonds is 2. The highest BCUT2D eigenvalue weighted by Crippen LogP contribution is 2.33. The average molecular weight is 415 g/mol. The van der Waals surface area contributed by atoms with Crippen molar-refractivity contribution in [1.29, 1.82) is 0 Å². The highest BCUT2D eigenvalue weighted by atomic mass is 79.9. The number of fused-ring (bicyclic) bond motifs is 1. The van der Waals surface area contributed by atoms with Gasteiger partial charge in [-0.1, -0.05) is 39.7 Å². The molecule has 4 nitrogen and oxygen atoms in total. The summed E-state index contributed by atoms with van der Waals surface area (Å²) in [6.45, 7) is 1.97. The highest BCUT2D eigenvalue weighted by Gasteiger charge is 2.22. The highest BCUT2D eigenvalue weighted by molar-refractivity contribution is 9.10. The summed E-state index contributed by atoms with van der Waals surface area (Å²) in [5, 5.41) is 5.22. The van der Waals surface area contributed by atoms with Gasteiger partial charge in [-0.2, -0.15) is 9.78 Å². The molecule has 25 heavy (non-hydrogen) atoms. The Morgan fingerprint density at radius 3 is 2.44 bits per heavy atom. The van der Waals surface area contributed by atoms with Crippen molar-refractivity contribution in [2.75, 3.05) is 0 Å². The second-order valence-electron chi connectivity index (χ2n) is 5.75. The Balaban J connectivity index is 1.97. The summed E-state index contributed by atoms with van der Waals surface area (Å²) in [4.78, 5) is 16.0. The summed E-state index contributed by atoms with van der Waals surface area (Å²) in [6.07, 6.45) is 1.72. The maximum Gasteiger partial charge on any atom is 0.282 e. The predicted octanol–water partition coefficient (Wildman–Crippen LogP) is 5.06. The Morgan fingerprint density at radius 1 is 1.08 bits per heavy atom. The van der Waals surface area contributed by atoms with Gasteiger partial charge in [-0.05, 0) is 48.9 Å². The van der Waals surface area contributed by atoms with Gasteiger partial charge in [-0.15, -0.1) is 0 Å². The minimum Gasteiger partial charge on any atom is -0.364 e. The van der Waals surface area contributed by atoms with Crippen LogP contribution in [0.15, 0.2) is 64.0 Å². The van der Waals surface area contributed by atoms with Crippen LogP contribution in [0, 0.1) is 6.92 Å². The van der Waals surface area contributed by atoms with E-state index in [-0.39, 0.29) is 5.56 Å². The largest absolute Gasteiger partial charge is 0.364 e. The minimum atomic E-state index is -0.160. The van der Waals surface area contributed by atoms with Gasteiger partial charge in [0.2, 0.25) is 0 Å². The van der Waals surface area contributed by atoms with Gasteiger partial charge in [0.1, 0.15) is 5.69 Å². The number of aryl methyl sites for hydroxylation is 1. The van der Waals surface area contributed by atoms with Crippen molar-refractivity contribution in [2.24, 2.45) is 0 Å². The smallest absolute Gasteiger partial charge is 0.282 e. The molecule has 0 fully saturated rings. The number of benzene rings is 2. The standard InChI is InChI=1S/C19H13BrClN3O/c1-11-17(12-2-4-13(20)5-3-12)18-16(10-22-11)19(25)24(23-18)15-8-6-14(21)7-9-15/h2-10,22H,1H3. The van der Waals surface area contributed by atoms with Crippen LogP contribution in [0.2, 0.25) is 5.02 Å². The molecule has 2 heterocycles. The fraction of sp³-hybridized carbons (Fsp3) is 0.0526. The van der Waals surface area contributed by atoms with Crippen LogP contribution in [0.1, 0.15) is 5.69 Å². The lowest BCUT2D eigenvalue weighted by Gasteiger charge is -2.10. The number of aromatic amines is 1. The summed E-state index contributed by atoms with van der Waals surface area (Å²) in [5.41, 5.74) is 4.64. The van der Waals surface area contributed by atoms with Crippen LogP contribution >= 0.6 is 27.5 Å². The van der Waals surface area contributed by atoms with E-state index in [1.807, 2.05) is 31.2 Å². The monoisotopic (exact) mass is 413 g/mol. The zero-order chi connectivity index (χ0) is 17.6. The second kappa shape index (κ2) is 6.17. The van der Waals surface area contributed by atoms with Crippen molar-refractivity contribution in [3.05, 3.63) is 80.3 Å². The van der Waals surface area contributed by atoms with E-state index >= 15 is 0 Å². The first-order chi connectivity index (χ1) is 12.0. The number of hydrogen-bond donors (Lipinski definition) is 1. The van der Waals surface area contributed by atoms with Crippen LogP contribution in [0.4, 0.5) is 0 Å². The van der Waals surface area contributed by atoms with Crippen molar-refractivity contribution >= 4 is 27.5 Å². The number of H-pyrrole nitrogens is 1. The molecule has 0 saturated heterocycles. The molecule has 0 amide bonds. The van der Waals surface area contributed by atoms with Crippen LogP contribution in [-0.2, 0) is 0 Å². The molecule has 124 valence electrons. The van der Waals surface area contributed by atoms with Gasteiger partial charge in [-0.3, -0.25) is 4.79 Å². The quantitative estimate of drug-likeness (QED) is 0.498. The molecule has 4 rings (SSSR count). The summed E-state index contributed by atoms with van der Waals surface area (Å²) in [7, 11) is 0. The Hall–Kier alpha value is -2.37. The molecule has 6 heteroatoms. The molecular weight excluding hydrogens is 402 g/mol. The predicted molar refractivity (Wildman–Crippen MR) is 104 cm³/mol. The second-order valence-corrected chi connectivity index (χ2v) is 7.10. The minimum absolute atomic E-state index is 0.160. The van der Waals surface area contributed by atoms with Crippen LogP contribution in [-0.4, -0.2) is 14.8 Å². The van der Waals surface area contributed by atoms with Crippen LogP contribution in [0.5, 0.6) is 0 Å². The first-order valence-corrected chi connectivity index (χ1v) is 8.84. The maximum absolute atomic E-state index is 12.8. The normalized spacial score (nSPS) is 11.2. The molecule has 0 radical (unpaired) electrons. The Bertz CT molecular complexity index is 1080. The fourth-order valence-corrected chi connectivity index (χ4v) is 3.28. The van der Waals surface area contributed by atoms with Gasteiger partial charge in [0.25, 0.3) is 5.56 Å². The van der Waals surface area contributed by atoms with E-state index in [0.29, 0.717) is 22.0 Å². The summed E-state index contributed by atoms with van der Waals surface area (Å²) in [5.74, 6) is 0. The van der Waals surface area contributed by atoms with Crippen LogP contribution in [0.3, 0.4) is 0 Å². The first-order valence-electron chi connectivity index (χ1n) is 7.67. The van der Waals surface area contributed by atoms with Gasteiger partial charge in [0.15, 0.2) is 0 Å². The molecule has 0 aromatic heterocycles. The summed E-state index contributed by atoms with van der Waals surface area (Å²) in [6, 6.07) is 15.0. The Morgan fingerprint density at radius 2 is 1.76 bits per heavy atom. The molecule has 2 aliphatic heterocycles. The summed E-state index contributed by atoms with van der Waals surface area (Å²) < 4.78 is 2.41. The molecule has 0 unspecified atom stereocenters. The molecular formula is C19H13BrClN3O. The zero-order valence-electron chi connectivity index (χ0n) is 13.3. The average Bonchev–Trinajstić information content (AvgIpc) is 2.93. The molecule has 1 N–H and O–H groups in total. The molecule has 0 spiro atoms. The number of hydrogen-bond acceptors (Lipinski definition) is 2. The van der Waals surface area contributed by atoms with Crippen molar-refractivity contribution in [3.8, 4) is 28.1 Å². The van der Waals surface area contributed by atoms with Gasteiger partial charge in [0.05, 0.1) is 11.3 Å². The lowest BCUT2D eigenvalue weighted by molar-refractivity contribution is 0.858. The number of nitrogens with zero attached hydrogens (tertiary/aromatic N) is 2. The summed E-state index contributed by atoms with van der Waals surface area (Å²) >= 11 is 9.39. The zero-order valence-corrected chi connectivity index (χ0v) is 15.6. The van der Waals surface area contributed by atoms with Crippen molar-refractivity contribution in [2.45, 2.75) is 6.92 Å². The molecule has 0 saturated carbocycles. The van der Waals surface area contributed by atoms with Gasteiger partial charge in [0, 0.05) is 26.9 Å². The van der Waals surface area contributed by atoms with Crippen molar-refractivity contribution in [3.63, 3.8) is 0 Å². The number of pyridine rings is 1. The third kappa shape index (κ3) is 2.79. The Kier molecular flexibility index (Phi) is 3.98. The Labute approximate surface area is 157 Å².